The van der Waals surface area contributed by atoms with Crippen LogP contribution in [-0.4, -0.2) is 39.0 Å². The Bertz CT molecular complexity index is 470. The minimum Gasteiger partial charge on any atom is -0.330 e. The number of nitrogens with zero attached hydrogens (tertiary/aromatic N) is 1. The fourth-order valence-corrected chi connectivity index (χ4v) is 3.80. The molecule has 2 rings (SSSR count). The maximum Gasteiger partial charge on any atom is 0.206 e. The second-order valence-corrected chi connectivity index (χ2v) is 8.26. The van der Waals surface area contributed by atoms with Crippen molar-refractivity contribution in [3.63, 3.8) is 0 Å². The molecule has 1 saturated heterocycles. The molecule has 0 saturated carbocycles. The van der Waals surface area contributed by atoms with E-state index in [1.807, 2.05) is 13.8 Å². The van der Waals surface area contributed by atoms with Crippen molar-refractivity contribution in [1.29, 1.82) is 0 Å². The first-order chi connectivity index (χ1) is 9.95. The van der Waals surface area contributed by atoms with Gasteiger partial charge in [0.15, 0.2) is 9.84 Å². The van der Waals surface area contributed by atoms with Crippen LogP contribution in [-0.2, 0) is 14.4 Å². The van der Waals surface area contributed by atoms with Gasteiger partial charge >= 0.3 is 0 Å². The number of hydrogen-bond acceptors (Lipinski definition) is 4. The molecule has 1 aromatic carbocycles. The molecule has 21 heavy (non-hydrogen) atoms. The van der Waals surface area contributed by atoms with Crippen molar-refractivity contribution in [2.75, 3.05) is 26.0 Å². The highest BCUT2D eigenvalue weighted by Crippen LogP contribution is 2.49. The van der Waals surface area contributed by atoms with Crippen molar-refractivity contribution in [3.05, 3.63) is 30.3 Å². The van der Waals surface area contributed by atoms with Gasteiger partial charge in [0.2, 0.25) is 7.65 Å². The fourth-order valence-electron chi connectivity index (χ4n) is 1.50. The summed E-state index contributed by atoms with van der Waals surface area (Å²) in [5, 5.41) is 0. The van der Waals surface area contributed by atoms with Gasteiger partial charge in [0, 0.05) is 19.3 Å². The number of sulfone groups is 1. The van der Waals surface area contributed by atoms with Crippen LogP contribution in [0.15, 0.2) is 35.2 Å². The quantitative estimate of drug-likeness (QED) is 0.759. The van der Waals surface area contributed by atoms with E-state index < -0.39 is 17.5 Å². The van der Waals surface area contributed by atoms with E-state index in [4.69, 9.17) is 15.8 Å². The fraction of sp³-hybridized carbons (Fsp3) is 0.571. The predicted molar refractivity (Wildman–Crippen MR) is 91.5 cm³/mol. The first-order valence-electron chi connectivity index (χ1n) is 7.04. The molecule has 0 radical (unpaired) electrons. The Kier molecular flexibility index (Phi) is 11.3. The van der Waals surface area contributed by atoms with Crippen LogP contribution in [0.3, 0.4) is 0 Å². The van der Waals surface area contributed by atoms with Crippen LogP contribution in [0, 0.1) is 0 Å². The van der Waals surface area contributed by atoms with E-state index in [2.05, 4.69) is 11.6 Å². The van der Waals surface area contributed by atoms with Gasteiger partial charge in [-0.1, -0.05) is 39.0 Å². The smallest absolute Gasteiger partial charge is 0.206 e. The van der Waals surface area contributed by atoms with Crippen molar-refractivity contribution >= 4 is 28.7 Å². The highest BCUT2D eigenvalue weighted by atomic mass is 35.7. The summed E-state index contributed by atoms with van der Waals surface area (Å²) in [7, 11) is -3.73. The molecule has 1 aliphatic heterocycles. The SMILES string of the molecule is CC.CCCN1CCOP1Cl.CS(=O)(=O)c1ccccc1. The Labute approximate surface area is 135 Å². The third kappa shape index (κ3) is 8.74. The minimum atomic E-state index is -3.00. The van der Waals surface area contributed by atoms with Crippen LogP contribution < -0.4 is 0 Å². The summed E-state index contributed by atoms with van der Waals surface area (Å²) in [6.45, 7) is 9.06. The molecule has 0 amide bonds. The van der Waals surface area contributed by atoms with Crippen LogP contribution in [0.2, 0.25) is 0 Å². The molecule has 0 bridgehead atoms. The zero-order valence-electron chi connectivity index (χ0n) is 13.1. The summed E-state index contributed by atoms with van der Waals surface area (Å²) >= 11 is 5.83. The van der Waals surface area contributed by atoms with E-state index in [9.17, 15) is 8.42 Å². The van der Waals surface area contributed by atoms with Gasteiger partial charge in [-0.05, 0) is 29.8 Å². The largest absolute Gasteiger partial charge is 0.330 e. The summed E-state index contributed by atoms with van der Waals surface area (Å²) in [5.41, 5.74) is 0. The average molecular weight is 354 g/mol. The Morgan fingerprint density at radius 3 is 2.19 bits per heavy atom. The van der Waals surface area contributed by atoms with E-state index in [0.717, 1.165) is 26.1 Å². The maximum absolute atomic E-state index is 10.8. The second-order valence-electron chi connectivity index (χ2n) is 4.10. The highest BCUT2D eigenvalue weighted by Gasteiger charge is 2.22. The van der Waals surface area contributed by atoms with Gasteiger partial charge in [-0.2, -0.15) is 0 Å². The lowest BCUT2D eigenvalue weighted by Crippen LogP contribution is -2.13. The molecule has 0 aromatic heterocycles. The number of hydrogen-bond donors (Lipinski definition) is 0. The van der Waals surface area contributed by atoms with E-state index in [0.29, 0.717) is 4.90 Å². The molecule has 1 aliphatic rings. The molecule has 1 aromatic rings. The zero-order chi connectivity index (χ0) is 16.3. The topological polar surface area (TPSA) is 46.6 Å². The molecule has 7 heteroatoms. The van der Waals surface area contributed by atoms with Gasteiger partial charge in [0.25, 0.3) is 0 Å². The lowest BCUT2D eigenvalue weighted by Gasteiger charge is -2.13. The molecular weight excluding hydrogens is 329 g/mol. The van der Waals surface area contributed by atoms with Gasteiger partial charge in [0.05, 0.1) is 11.5 Å². The monoisotopic (exact) mass is 353 g/mol. The Hall–Kier alpha value is -0.190. The summed E-state index contributed by atoms with van der Waals surface area (Å²) in [5.74, 6) is 0. The normalized spacial score (nSPS) is 18.2. The van der Waals surface area contributed by atoms with E-state index >= 15 is 0 Å². The highest BCUT2D eigenvalue weighted by molar-refractivity contribution is 7.90. The average Bonchev–Trinajstić information content (AvgIpc) is 2.88. The van der Waals surface area contributed by atoms with Crippen LogP contribution in [0.1, 0.15) is 27.2 Å². The molecule has 4 nitrogen and oxygen atoms in total. The summed E-state index contributed by atoms with van der Waals surface area (Å²) in [6.07, 6.45) is 2.36. The molecule has 1 heterocycles. The minimum absolute atomic E-state index is 0.370. The van der Waals surface area contributed by atoms with Gasteiger partial charge in [-0.15, -0.1) is 0 Å². The van der Waals surface area contributed by atoms with Gasteiger partial charge in [-0.25, -0.2) is 13.1 Å². The number of rotatable bonds is 3. The van der Waals surface area contributed by atoms with Gasteiger partial charge in [-0.3, -0.25) is 0 Å². The Balaban J connectivity index is 0.000000342. The van der Waals surface area contributed by atoms with E-state index in [1.165, 1.54) is 6.26 Å². The number of halogens is 1. The van der Waals surface area contributed by atoms with Gasteiger partial charge < -0.3 is 4.52 Å². The molecule has 0 spiro atoms. The Morgan fingerprint density at radius 2 is 1.86 bits per heavy atom. The third-order valence-corrected chi connectivity index (χ3v) is 5.73. The van der Waals surface area contributed by atoms with Crippen molar-refractivity contribution in [2.45, 2.75) is 32.1 Å². The standard InChI is InChI=1S/C7H8O2S.C5H11ClNOP.C2H6/c1-10(8,9)7-5-3-2-4-6-7;1-2-3-7-4-5-8-9(7)6;1-2/h2-6H,1H3;2-5H2,1H3;1-2H3. The van der Waals surface area contributed by atoms with Gasteiger partial charge in [0.1, 0.15) is 0 Å². The van der Waals surface area contributed by atoms with Crippen molar-refractivity contribution in [3.8, 4) is 0 Å². The van der Waals surface area contributed by atoms with Crippen LogP contribution >= 0.6 is 18.9 Å². The summed E-state index contributed by atoms with van der Waals surface area (Å²) in [4.78, 5) is 0.370. The van der Waals surface area contributed by atoms with Crippen molar-refractivity contribution in [2.24, 2.45) is 0 Å². The van der Waals surface area contributed by atoms with Crippen LogP contribution in [0.25, 0.3) is 0 Å². The molecule has 1 atom stereocenters. The van der Waals surface area contributed by atoms with E-state index in [-0.39, 0.29) is 0 Å². The summed E-state index contributed by atoms with van der Waals surface area (Å²) < 4.78 is 29.0. The zero-order valence-corrected chi connectivity index (χ0v) is 15.6. The molecule has 1 fully saturated rings. The first kappa shape index (κ1) is 20.8. The van der Waals surface area contributed by atoms with Crippen molar-refractivity contribution < 1.29 is 12.9 Å². The first-order valence-corrected chi connectivity index (χ1v) is 11.0. The Morgan fingerprint density at radius 1 is 1.29 bits per heavy atom. The number of benzene rings is 1. The molecule has 0 aliphatic carbocycles. The maximum atomic E-state index is 10.8. The summed E-state index contributed by atoms with van der Waals surface area (Å²) in [6, 6.07) is 8.35. The second kappa shape index (κ2) is 11.4. The molecule has 0 N–H and O–H groups in total. The predicted octanol–water partition coefficient (Wildman–Crippen LogP) is 4.31. The molecule has 122 valence electrons. The lowest BCUT2D eigenvalue weighted by molar-refractivity contribution is 0.393. The lowest BCUT2D eigenvalue weighted by atomic mass is 10.4. The molecule has 1 unspecified atom stereocenters. The van der Waals surface area contributed by atoms with E-state index in [1.54, 1.807) is 30.3 Å². The third-order valence-electron chi connectivity index (χ3n) is 2.42. The van der Waals surface area contributed by atoms with Crippen molar-refractivity contribution in [1.82, 2.24) is 4.67 Å². The van der Waals surface area contributed by atoms with Crippen LogP contribution in [0.4, 0.5) is 0 Å². The molecular formula is C14H25ClNO3PS. The van der Waals surface area contributed by atoms with Crippen LogP contribution in [0.5, 0.6) is 0 Å².